The van der Waals surface area contributed by atoms with Crippen molar-refractivity contribution in [3.8, 4) is 0 Å². The normalized spacial score (nSPS) is 18.3. The first-order valence-electron chi connectivity index (χ1n) is 9.48. The van der Waals surface area contributed by atoms with Gasteiger partial charge in [0.25, 0.3) is 0 Å². The van der Waals surface area contributed by atoms with Crippen molar-refractivity contribution in [2.75, 3.05) is 33.8 Å². The molecule has 0 bridgehead atoms. The number of methoxy groups -OCH3 is 1. The molecule has 1 fully saturated rings. The van der Waals surface area contributed by atoms with E-state index in [0.29, 0.717) is 6.61 Å². The van der Waals surface area contributed by atoms with E-state index in [0.717, 1.165) is 31.5 Å². The minimum Gasteiger partial charge on any atom is -0.380 e. The summed E-state index contributed by atoms with van der Waals surface area (Å²) in [4.78, 5) is 6.93. The average Bonchev–Trinajstić information content (AvgIpc) is 2.63. The number of ether oxygens (including phenoxy) is 1. The highest BCUT2D eigenvalue weighted by Crippen LogP contribution is 2.16. The van der Waals surface area contributed by atoms with Gasteiger partial charge in [-0.3, -0.25) is 4.99 Å². The van der Waals surface area contributed by atoms with Gasteiger partial charge in [-0.05, 0) is 43.9 Å². The number of hydrogen-bond donors (Lipinski definition) is 2. The number of rotatable bonds is 8. The summed E-state index contributed by atoms with van der Waals surface area (Å²) in [5, 5.41) is 6.81. The van der Waals surface area contributed by atoms with Crippen molar-refractivity contribution in [3.63, 3.8) is 0 Å². The van der Waals surface area contributed by atoms with Crippen LogP contribution in [0, 0.1) is 0 Å². The Morgan fingerprint density at radius 3 is 2.81 bits per heavy atom. The van der Waals surface area contributed by atoms with Gasteiger partial charge in [0, 0.05) is 39.8 Å². The van der Waals surface area contributed by atoms with Crippen LogP contribution in [0.25, 0.3) is 0 Å². The van der Waals surface area contributed by atoms with Crippen LogP contribution in [-0.2, 0) is 17.9 Å². The van der Waals surface area contributed by atoms with E-state index in [4.69, 9.17) is 4.74 Å². The molecule has 1 unspecified atom stereocenters. The van der Waals surface area contributed by atoms with E-state index in [2.05, 4.69) is 51.7 Å². The Bertz CT molecular complexity index is 538. The molecule has 0 aliphatic carbocycles. The molecule has 2 N–H and O–H groups in total. The second kappa shape index (κ2) is 13.3. The number of aliphatic imine (C=N–C) groups is 1. The molecule has 6 heteroatoms. The molecule has 1 aliphatic rings. The van der Waals surface area contributed by atoms with Crippen molar-refractivity contribution in [3.05, 3.63) is 35.4 Å². The summed E-state index contributed by atoms with van der Waals surface area (Å²) < 4.78 is 5.19. The Morgan fingerprint density at radius 1 is 1.27 bits per heavy atom. The molecule has 148 valence electrons. The van der Waals surface area contributed by atoms with Gasteiger partial charge in [-0.2, -0.15) is 0 Å². The first kappa shape index (κ1) is 23.2. The summed E-state index contributed by atoms with van der Waals surface area (Å²) in [7, 11) is 3.55. The summed E-state index contributed by atoms with van der Waals surface area (Å²) in [6.45, 7) is 7.14. The number of likely N-dealkylation sites (tertiary alicyclic amines) is 1. The molecule has 1 saturated heterocycles. The second-order valence-electron chi connectivity index (χ2n) is 6.84. The van der Waals surface area contributed by atoms with E-state index in [-0.39, 0.29) is 24.0 Å². The van der Waals surface area contributed by atoms with Crippen LogP contribution in [-0.4, -0.2) is 50.7 Å². The molecule has 0 amide bonds. The van der Waals surface area contributed by atoms with Gasteiger partial charge in [-0.15, -0.1) is 24.0 Å². The van der Waals surface area contributed by atoms with Crippen molar-refractivity contribution in [1.82, 2.24) is 15.5 Å². The number of hydrogen-bond acceptors (Lipinski definition) is 3. The topological polar surface area (TPSA) is 48.9 Å². The lowest BCUT2D eigenvalue weighted by Crippen LogP contribution is -2.41. The number of guanidine groups is 1. The van der Waals surface area contributed by atoms with E-state index < -0.39 is 0 Å². The number of piperidine rings is 1. The minimum absolute atomic E-state index is 0. The van der Waals surface area contributed by atoms with Gasteiger partial charge < -0.3 is 20.3 Å². The molecule has 26 heavy (non-hydrogen) atoms. The van der Waals surface area contributed by atoms with E-state index in [9.17, 15) is 0 Å². The molecule has 0 spiro atoms. The van der Waals surface area contributed by atoms with Gasteiger partial charge in [0.2, 0.25) is 0 Å². The molecule has 1 atom stereocenters. The summed E-state index contributed by atoms with van der Waals surface area (Å²) in [5.41, 5.74) is 2.43. The standard InChI is InChI=1S/C20H34N4O.HI/c1-17-8-4-5-12-24(17)13-7-11-22-20(21-2)23-15-18-9-6-10-19(14-18)16-25-3;/h6,9-10,14,17H,4-5,7-8,11-13,15-16H2,1-3H3,(H2,21,22,23);1H. The van der Waals surface area contributed by atoms with Crippen LogP contribution in [0.4, 0.5) is 0 Å². The van der Waals surface area contributed by atoms with Crippen LogP contribution in [0.5, 0.6) is 0 Å². The fraction of sp³-hybridized carbons (Fsp3) is 0.650. The zero-order valence-corrected chi connectivity index (χ0v) is 18.8. The Labute approximate surface area is 176 Å². The smallest absolute Gasteiger partial charge is 0.191 e. The van der Waals surface area contributed by atoms with Crippen LogP contribution >= 0.6 is 24.0 Å². The quantitative estimate of drug-likeness (QED) is 0.263. The van der Waals surface area contributed by atoms with Gasteiger partial charge >= 0.3 is 0 Å². The maximum absolute atomic E-state index is 5.19. The maximum Gasteiger partial charge on any atom is 0.191 e. The number of nitrogens with one attached hydrogen (secondary N) is 2. The lowest BCUT2D eigenvalue weighted by Gasteiger charge is -2.33. The minimum atomic E-state index is 0. The zero-order valence-electron chi connectivity index (χ0n) is 16.5. The van der Waals surface area contributed by atoms with Gasteiger partial charge in [0.15, 0.2) is 5.96 Å². The van der Waals surface area contributed by atoms with E-state index in [1.807, 2.05) is 7.05 Å². The third-order valence-electron chi connectivity index (χ3n) is 4.84. The Hall–Kier alpha value is -0.860. The van der Waals surface area contributed by atoms with E-state index in [1.54, 1.807) is 7.11 Å². The largest absolute Gasteiger partial charge is 0.380 e. The maximum atomic E-state index is 5.19. The fourth-order valence-electron chi connectivity index (χ4n) is 3.38. The van der Waals surface area contributed by atoms with Gasteiger partial charge in [-0.25, -0.2) is 0 Å². The lowest BCUT2D eigenvalue weighted by molar-refractivity contribution is 0.159. The summed E-state index contributed by atoms with van der Waals surface area (Å²) in [6, 6.07) is 9.19. The number of nitrogens with zero attached hydrogens (tertiary/aromatic N) is 2. The molecule has 0 saturated carbocycles. The van der Waals surface area contributed by atoms with Crippen molar-refractivity contribution in [2.24, 2.45) is 4.99 Å². The average molecular weight is 474 g/mol. The molecular weight excluding hydrogens is 439 g/mol. The first-order chi connectivity index (χ1) is 12.2. The van der Waals surface area contributed by atoms with Crippen molar-refractivity contribution in [2.45, 2.75) is 51.8 Å². The van der Waals surface area contributed by atoms with Crippen LogP contribution < -0.4 is 10.6 Å². The van der Waals surface area contributed by atoms with Gasteiger partial charge in [-0.1, -0.05) is 30.7 Å². The summed E-state index contributed by atoms with van der Waals surface area (Å²) in [6.07, 6.45) is 5.23. The molecule has 1 aliphatic heterocycles. The molecule has 0 radical (unpaired) electrons. The van der Waals surface area contributed by atoms with Crippen LogP contribution in [0.15, 0.2) is 29.3 Å². The van der Waals surface area contributed by atoms with Crippen molar-refractivity contribution < 1.29 is 4.74 Å². The number of halogens is 1. The Kier molecular flexibility index (Phi) is 11.9. The molecule has 1 aromatic rings. The highest BCUT2D eigenvalue weighted by molar-refractivity contribution is 14.0. The summed E-state index contributed by atoms with van der Waals surface area (Å²) >= 11 is 0. The lowest BCUT2D eigenvalue weighted by atomic mass is 10.0. The molecule has 5 nitrogen and oxygen atoms in total. The molecule has 0 aromatic heterocycles. The van der Waals surface area contributed by atoms with Crippen LogP contribution in [0.1, 0.15) is 43.7 Å². The second-order valence-corrected chi connectivity index (χ2v) is 6.84. The first-order valence-corrected chi connectivity index (χ1v) is 9.48. The third-order valence-corrected chi connectivity index (χ3v) is 4.84. The highest BCUT2D eigenvalue weighted by atomic mass is 127. The monoisotopic (exact) mass is 474 g/mol. The van der Waals surface area contributed by atoms with Crippen molar-refractivity contribution in [1.29, 1.82) is 0 Å². The van der Waals surface area contributed by atoms with Crippen LogP contribution in [0.2, 0.25) is 0 Å². The molecule has 1 aromatic carbocycles. The van der Waals surface area contributed by atoms with Gasteiger partial charge in [0.05, 0.1) is 6.61 Å². The van der Waals surface area contributed by atoms with Gasteiger partial charge in [0.1, 0.15) is 0 Å². The Morgan fingerprint density at radius 2 is 2.08 bits per heavy atom. The zero-order chi connectivity index (χ0) is 17.9. The van der Waals surface area contributed by atoms with E-state index in [1.165, 1.54) is 43.5 Å². The molecule has 2 rings (SSSR count). The summed E-state index contributed by atoms with van der Waals surface area (Å²) in [5.74, 6) is 0.865. The predicted octanol–water partition coefficient (Wildman–Crippen LogP) is 3.38. The Balaban J connectivity index is 0.00000338. The number of benzene rings is 1. The highest BCUT2D eigenvalue weighted by Gasteiger charge is 2.17. The third kappa shape index (κ3) is 8.22. The van der Waals surface area contributed by atoms with Crippen molar-refractivity contribution >= 4 is 29.9 Å². The van der Waals surface area contributed by atoms with E-state index >= 15 is 0 Å². The molecular formula is C20H35IN4O. The molecule has 1 heterocycles. The fourth-order valence-corrected chi connectivity index (χ4v) is 3.38. The van der Waals surface area contributed by atoms with Crippen LogP contribution in [0.3, 0.4) is 0 Å². The SMILES string of the molecule is CN=C(NCCCN1CCCCC1C)NCc1cccc(COC)c1.I. The predicted molar refractivity (Wildman–Crippen MR) is 120 cm³/mol.